The van der Waals surface area contributed by atoms with E-state index in [-0.39, 0.29) is 5.91 Å². The second kappa shape index (κ2) is 7.43. The largest absolute Gasteiger partial charge is 0.495 e. The van der Waals surface area contributed by atoms with Gasteiger partial charge in [0.05, 0.1) is 11.6 Å². The number of anilines is 1. The Morgan fingerprint density at radius 1 is 1.19 bits per heavy atom. The summed E-state index contributed by atoms with van der Waals surface area (Å²) in [5.74, 6) is 0.487. The molecule has 1 amide bonds. The molecule has 0 unspecified atom stereocenters. The van der Waals surface area contributed by atoms with Gasteiger partial charge in [0.1, 0.15) is 5.75 Å². The Kier molecular flexibility index (Phi) is 5.59. The van der Waals surface area contributed by atoms with Crippen LogP contribution in [0.1, 0.15) is 5.56 Å². The Morgan fingerprint density at radius 2 is 1.90 bits per heavy atom. The van der Waals surface area contributed by atoms with Gasteiger partial charge in [-0.25, -0.2) is 0 Å². The zero-order chi connectivity index (χ0) is 15.2. The van der Waals surface area contributed by atoms with Crippen LogP contribution in [0.15, 0.2) is 57.5 Å². The minimum absolute atomic E-state index is 0.195. The highest BCUT2D eigenvalue weighted by atomic mass is 79.9. The smallest absolute Gasteiger partial charge is 0.248 e. The number of carbonyl (C=O) groups excluding carboxylic acids is 1. The average molecular weight is 411 g/mol. The average Bonchev–Trinajstić information content (AvgIpc) is 2.45. The van der Waals surface area contributed by atoms with Crippen LogP contribution in [-0.4, -0.2) is 13.0 Å². The quantitative estimate of drug-likeness (QED) is 0.730. The Morgan fingerprint density at radius 3 is 2.57 bits per heavy atom. The predicted octanol–water partition coefficient (Wildman–Crippen LogP) is 4.87. The maximum Gasteiger partial charge on any atom is 0.248 e. The van der Waals surface area contributed by atoms with Gasteiger partial charge in [0.25, 0.3) is 0 Å². The maximum atomic E-state index is 11.9. The Labute approximate surface area is 140 Å². The van der Waals surface area contributed by atoms with Gasteiger partial charge in [-0.1, -0.05) is 34.1 Å². The van der Waals surface area contributed by atoms with Gasteiger partial charge in [-0.3, -0.25) is 4.79 Å². The molecule has 21 heavy (non-hydrogen) atoms. The number of ether oxygens (including phenoxy) is 1. The lowest BCUT2D eigenvalue weighted by Crippen LogP contribution is -2.07. The summed E-state index contributed by atoms with van der Waals surface area (Å²) in [5.41, 5.74) is 1.57. The first-order valence-electron chi connectivity index (χ1n) is 6.17. The first kappa shape index (κ1) is 15.8. The molecule has 2 rings (SSSR count). The molecule has 0 bridgehead atoms. The van der Waals surface area contributed by atoms with Gasteiger partial charge in [0.15, 0.2) is 0 Å². The van der Waals surface area contributed by atoms with Crippen molar-refractivity contribution in [2.75, 3.05) is 12.4 Å². The minimum Gasteiger partial charge on any atom is -0.495 e. The van der Waals surface area contributed by atoms with Crippen molar-refractivity contribution < 1.29 is 9.53 Å². The fourth-order valence-electron chi connectivity index (χ4n) is 1.79. The number of nitrogens with one attached hydrogen (secondary N) is 1. The molecular weight excluding hydrogens is 398 g/mol. The van der Waals surface area contributed by atoms with Crippen LogP contribution in [0, 0.1) is 0 Å². The van der Waals surface area contributed by atoms with Crippen molar-refractivity contribution in [1.82, 2.24) is 0 Å². The summed E-state index contributed by atoms with van der Waals surface area (Å²) in [6.07, 6.45) is 3.19. The fraction of sp³-hybridized carbons (Fsp3) is 0.0625. The van der Waals surface area contributed by atoms with Crippen molar-refractivity contribution in [1.29, 1.82) is 0 Å². The molecule has 0 radical (unpaired) electrons. The molecule has 0 spiro atoms. The molecule has 0 aliphatic carbocycles. The van der Waals surface area contributed by atoms with E-state index in [1.54, 1.807) is 13.2 Å². The lowest BCUT2D eigenvalue weighted by molar-refractivity contribution is -0.111. The number of carbonyl (C=O) groups is 1. The molecule has 0 saturated carbocycles. The molecule has 3 nitrogen and oxygen atoms in total. The normalized spacial score (nSPS) is 10.6. The molecule has 0 atom stereocenters. The van der Waals surface area contributed by atoms with Gasteiger partial charge >= 0.3 is 0 Å². The molecule has 2 aromatic carbocycles. The molecule has 108 valence electrons. The summed E-state index contributed by atoms with van der Waals surface area (Å²) in [6.45, 7) is 0. The highest BCUT2D eigenvalue weighted by Gasteiger charge is 2.07. The molecule has 0 aromatic heterocycles. The van der Waals surface area contributed by atoms with E-state index in [1.165, 1.54) is 6.08 Å². The topological polar surface area (TPSA) is 38.3 Å². The summed E-state index contributed by atoms with van der Waals surface area (Å²) in [4.78, 5) is 11.9. The number of para-hydroxylation sites is 1. The minimum atomic E-state index is -0.195. The number of benzene rings is 2. The van der Waals surface area contributed by atoms with Gasteiger partial charge in [0, 0.05) is 21.8 Å². The van der Waals surface area contributed by atoms with Gasteiger partial charge in [-0.2, -0.15) is 0 Å². The number of rotatable bonds is 4. The summed E-state index contributed by atoms with van der Waals surface area (Å²) >= 11 is 6.85. The van der Waals surface area contributed by atoms with Gasteiger partial charge in [-0.15, -0.1) is 0 Å². The standard InChI is InChI=1S/C16H13Br2NO2/c1-21-16-11(9-12(17)10-14(16)18)7-8-15(20)19-13-5-3-2-4-6-13/h2-10H,1H3,(H,19,20)/b8-7+. The van der Waals surface area contributed by atoms with Crippen molar-refractivity contribution in [3.8, 4) is 5.75 Å². The molecule has 0 fully saturated rings. The van der Waals surface area contributed by atoms with E-state index in [0.717, 1.165) is 20.2 Å². The fourth-order valence-corrected chi connectivity index (χ4v) is 3.21. The van der Waals surface area contributed by atoms with E-state index in [9.17, 15) is 4.79 Å². The van der Waals surface area contributed by atoms with Crippen LogP contribution in [0.2, 0.25) is 0 Å². The molecule has 0 heterocycles. The van der Waals surface area contributed by atoms with E-state index in [4.69, 9.17) is 4.74 Å². The van der Waals surface area contributed by atoms with Crippen LogP contribution in [0.5, 0.6) is 5.75 Å². The van der Waals surface area contributed by atoms with Gasteiger partial charge < -0.3 is 10.1 Å². The van der Waals surface area contributed by atoms with E-state index in [2.05, 4.69) is 37.2 Å². The van der Waals surface area contributed by atoms with Crippen LogP contribution in [0.3, 0.4) is 0 Å². The third-order valence-electron chi connectivity index (χ3n) is 2.70. The summed E-state index contributed by atoms with van der Waals surface area (Å²) < 4.78 is 7.05. The van der Waals surface area contributed by atoms with Crippen molar-refractivity contribution >= 4 is 49.5 Å². The maximum absolute atomic E-state index is 11.9. The van der Waals surface area contributed by atoms with Crippen LogP contribution in [0.4, 0.5) is 5.69 Å². The van der Waals surface area contributed by atoms with E-state index in [0.29, 0.717) is 5.75 Å². The number of halogens is 2. The Bertz CT molecular complexity index is 669. The summed E-state index contributed by atoms with van der Waals surface area (Å²) in [5, 5.41) is 2.79. The first-order valence-corrected chi connectivity index (χ1v) is 7.76. The summed E-state index contributed by atoms with van der Waals surface area (Å²) in [6, 6.07) is 13.1. The van der Waals surface area contributed by atoms with Crippen molar-refractivity contribution in [3.05, 3.63) is 63.0 Å². The van der Waals surface area contributed by atoms with E-state index >= 15 is 0 Å². The Hall–Kier alpha value is -1.59. The number of amides is 1. The third kappa shape index (κ3) is 4.44. The van der Waals surface area contributed by atoms with Crippen molar-refractivity contribution in [2.24, 2.45) is 0 Å². The van der Waals surface area contributed by atoms with Crippen LogP contribution < -0.4 is 10.1 Å². The molecule has 5 heteroatoms. The Balaban J connectivity index is 2.16. The number of hydrogen-bond acceptors (Lipinski definition) is 2. The van der Waals surface area contributed by atoms with Crippen LogP contribution in [-0.2, 0) is 4.79 Å². The lowest BCUT2D eigenvalue weighted by Gasteiger charge is -2.08. The lowest BCUT2D eigenvalue weighted by atomic mass is 10.2. The molecule has 0 aliphatic rings. The molecule has 0 saturated heterocycles. The van der Waals surface area contributed by atoms with Crippen molar-refractivity contribution in [3.63, 3.8) is 0 Å². The molecular formula is C16H13Br2NO2. The van der Waals surface area contributed by atoms with Gasteiger partial charge in [-0.05, 0) is 46.3 Å². The highest BCUT2D eigenvalue weighted by molar-refractivity contribution is 9.11. The molecule has 1 N–H and O–H groups in total. The second-order valence-electron chi connectivity index (χ2n) is 4.20. The highest BCUT2D eigenvalue weighted by Crippen LogP contribution is 2.33. The predicted molar refractivity (Wildman–Crippen MR) is 92.5 cm³/mol. The van der Waals surface area contributed by atoms with Crippen LogP contribution >= 0.6 is 31.9 Å². The summed E-state index contributed by atoms with van der Waals surface area (Å²) in [7, 11) is 1.59. The monoisotopic (exact) mass is 409 g/mol. The number of methoxy groups -OCH3 is 1. The number of hydrogen-bond donors (Lipinski definition) is 1. The SMILES string of the molecule is COc1c(Br)cc(Br)cc1/C=C/C(=O)Nc1ccccc1. The van der Waals surface area contributed by atoms with Crippen molar-refractivity contribution in [2.45, 2.75) is 0 Å². The van der Waals surface area contributed by atoms with E-state index in [1.807, 2.05) is 42.5 Å². The third-order valence-corrected chi connectivity index (χ3v) is 3.74. The van der Waals surface area contributed by atoms with Crippen LogP contribution in [0.25, 0.3) is 6.08 Å². The zero-order valence-electron chi connectivity index (χ0n) is 11.3. The molecule has 2 aromatic rings. The molecule has 0 aliphatic heterocycles. The van der Waals surface area contributed by atoms with E-state index < -0.39 is 0 Å². The second-order valence-corrected chi connectivity index (χ2v) is 5.97. The zero-order valence-corrected chi connectivity index (χ0v) is 14.4. The van der Waals surface area contributed by atoms with Gasteiger partial charge in [0.2, 0.25) is 5.91 Å². The first-order chi connectivity index (χ1) is 10.1.